The van der Waals surface area contributed by atoms with Crippen molar-refractivity contribution in [2.75, 3.05) is 0 Å². The van der Waals surface area contributed by atoms with Gasteiger partial charge in [0.05, 0.1) is 6.04 Å². The van der Waals surface area contributed by atoms with Gasteiger partial charge in [-0.3, -0.25) is 0 Å². The highest BCUT2D eigenvalue weighted by Crippen LogP contribution is 2.13. The summed E-state index contributed by atoms with van der Waals surface area (Å²) in [5.41, 5.74) is 6.03. The average molecular weight is 260 g/mol. The highest BCUT2D eigenvalue weighted by molar-refractivity contribution is 5.70. The molecule has 1 aromatic rings. The molecule has 3 N–H and O–H groups in total. The molecule has 1 aliphatic rings. The number of amides is 1. The van der Waals surface area contributed by atoms with Gasteiger partial charge in [-0.2, -0.15) is 0 Å². The van der Waals surface area contributed by atoms with Crippen molar-refractivity contribution in [1.82, 2.24) is 5.32 Å². The number of allylic oxidation sites excluding steroid dienone is 1. The summed E-state index contributed by atoms with van der Waals surface area (Å²) >= 11 is 0. The van der Waals surface area contributed by atoms with Crippen molar-refractivity contribution in [1.29, 1.82) is 0 Å². The lowest BCUT2D eigenvalue weighted by Gasteiger charge is -2.23. The molecule has 102 valence electrons. The van der Waals surface area contributed by atoms with E-state index >= 15 is 0 Å². The molecule has 1 aromatic carbocycles. The van der Waals surface area contributed by atoms with Gasteiger partial charge in [-0.05, 0) is 31.4 Å². The molecule has 0 fully saturated rings. The lowest BCUT2D eigenvalue weighted by molar-refractivity contribution is 0.193. The van der Waals surface area contributed by atoms with E-state index in [0.717, 1.165) is 25.7 Å². The molecule has 0 aromatic heterocycles. The first kappa shape index (κ1) is 13.6. The van der Waals surface area contributed by atoms with E-state index < -0.39 is 6.09 Å². The number of carbonyl (C=O) groups excluding carboxylic acids is 1. The Bertz CT molecular complexity index is 431. The van der Waals surface area contributed by atoms with E-state index in [1.54, 1.807) is 12.1 Å². The molecule has 0 aliphatic heterocycles. The van der Waals surface area contributed by atoms with Crippen LogP contribution in [0.5, 0.6) is 5.75 Å². The van der Waals surface area contributed by atoms with Crippen molar-refractivity contribution in [3.8, 4) is 5.75 Å². The number of carbonyl (C=O) groups is 1. The van der Waals surface area contributed by atoms with E-state index in [4.69, 9.17) is 10.5 Å². The van der Waals surface area contributed by atoms with Crippen LogP contribution in [-0.2, 0) is 0 Å². The van der Waals surface area contributed by atoms with Crippen LogP contribution in [0, 0.1) is 0 Å². The van der Waals surface area contributed by atoms with Crippen molar-refractivity contribution in [3.63, 3.8) is 0 Å². The second-order valence-electron chi connectivity index (χ2n) is 4.74. The number of para-hydroxylation sites is 1. The normalized spacial score (nSPS) is 24.9. The summed E-state index contributed by atoms with van der Waals surface area (Å²) in [5, 5.41) is 2.85. The van der Waals surface area contributed by atoms with Crippen molar-refractivity contribution < 1.29 is 9.53 Å². The van der Waals surface area contributed by atoms with E-state index in [-0.39, 0.29) is 12.1 Å². The first-order chi connectivity index (χ1) is 9.25. The number of nitrogens with one attached hydrogen (secondary N) is 1. The number of hydrogen-bond acceptors (Lipinski definition) is 3. The molecule has 4 heteroatoms. The van der Waals surface area contributed by atoms with Gasteiger partial charge < -0.3 is 15.8 Å². The third-order valence-electron chi connectivity index (χ3n) is 3.22. The molecule has 0 saturated carbocycles. The predicted octanol–water partition coefficient (Wildman–Crippen LogP) is 2.60. The van der Waals surface area contributed by atoms with Crippen LogP contribution >= 0.6 is 0 Å². The Morgan fingerprint density at radius 3 is 2.84 bits per heavy atom. The summed E-state index contributed by atoms with van der Waals surface area (Å²) in [7, 11) is 0. The smallest absolute Gasteiger partial charge is 0.410 e. The van der Waals surface area contributed by atoms with Gasteiger partial charge in [-0.1, -0.05) is 36.8 Å². The molecular weight excluding hydrogens is 240 g/mol. The Morgan fingerprint density at radius 1 is 1.26 bits per heavy atom. The Balaban J connectivity index is 1.90. The highest BCUT2D eigenvalue weighted by atomic mass is 16.6. The molecular formula is C15H20N2O2. The quantitative estimate of drug-likeness (QED) is 0.803. The summed E-state index contributed by atoms with van der Waals surface area (Å²) in [6.45, 7) is 0. The van der Waals surface area contributed by atoms with Gasteiger partial charge in [-0.25, -0.2) is 4.79 Å². The number of ether oxygens (including phenoxy) is 1. The van der Waals surface area contributed by atoms with E-state index in [1.165, 1.54) is 0 Å². The molecule has 0 spiro atoms. The number of rotatable bonds is 2. The molecule has 0 bridgehead atoms. The second kappa shape index (κ2) is 6.95. The monoisotopic (exact) mass is 260 g/mol. The molecule has 1 aliphatic carbocycles. The van der Waals surface area contributed by atoms with Gasteiger partial charge in [0.2, 0.25) is 0 Å². The Kier molecular flexibility index (Phi) is 4.98. The lowest BCUT2D eigenvalue weighted by atomic mass is 9.98. The first-order valence-electron chi connectivity index (χ1n) is 6.71. The van der Waals surface area contributed by atoms with Gasteiger partial charge in [0.15, 0.2) is 0 Å². The summed E-state index contributed by atoms with van der Waals surface area (Å²) in [6, 6.07) is 8.81. The van der Waals surface area contributed by atoms with Crippen molar-refractivity contribution >= 4 is 6.09 Å². The van der Waals surface area contributed by atoms with E-state index in [9.17, 15) is 4.79 Å². The summed E-state index contributed by atoms with van der Waals surface area (Å²) in [5.74, 6) is 0.537. The minimum Gasteiger partial charge on any atom is -0.410 e. The SMILES string of the molecule is NC1/C=C/CCCCC1NC(=O)Oc1ccccc1. The minimum absolute atomic E-state index is 0.0623. The molecule has 19 heavy (non-hydrogen) atoms. The number of benzene rings is 1. The Morgan fingerprint density at radius 2 is 2.05 bits per heavy atom. The van der Waals surface area contributed by atoms with Crippen LogP contribution in [0.15, 0.2) is 42.5 Å². The van der Waals surface area contributed by atoms with E-state index in [1.807, 2.05) is 24.3 Å². The fourth-order valence-electron chi connectivity index (χ4n) is 2.15. The third-order valence-corrected chi connectivity index (χ3v) is 3.22. The molecule has 0 saturated heterocycles. The molecule has 0 radical (unpaired) electrons. The second-order valence-corrected chi connectivity index (χ2v) is 4.74. The van der Waals surface area contributed by atoms with Crippen LogP contribution in [-0.4, -0.2) is 18.2 Å². The summed E-state index contributed by atoms with van der Waals surface area (Å²) < 4.78 is 5.21. The first-order valence-corrected chi connectivity index (χ1v) is 6.71. The molecule has 2 atom stereocenters. The van der Waals surface area contributed by atoms with Crippen molar-refractivity contribution in [3.05, 3.63) is 42.5 Å². The van der Waals surface area contributed by atoms with Gasteiger partial charge in [0.25, 0.3) is 0 Å². The van der Waals surface area contributed by atoms with Crippen LogP contribution in [0.4, 0.5) is 4.79 Å². The predicted molar refractivity (Wildman–Crippen MR) is 75.0 cm³/mol. The molecule has 1 amide bonds. The molecule has 2 unspecified atom stereocenters. The zero-order chi connectivity index (χ0) is 13.5. The lowest BCUT2D eigenvalue weighted by Crippen LogP contribution is -2.47. The van der Waals surface area contributed by atoms with E-state index in [2.05, 4.69) is 11.4 Å². The maximum atomic E-state index is 11.8. The van der Waals surface area contributed by atoms with Crippen LogP contribution in [0.2, 0.25) is 0 Å². The summed E-state index contributed by atoms with van der Waals surface area (Å²) in [6.07, 6.45) is 7.75. The van der Waals surface area contributed by atoms with Gasteiger partial charge >= 0.3 is 6.09 Å². The minimum atomic E-state index is -0.444. The zero-order valence-electron chi connectivity index (χ0n) is 10.9. The van der Waals surface area contributed by atoms with E-state index in [0.29, 0.717) is 5.75 Å². The van der Waals surface area contributed by atoms with Crippen molar-refractivity contribution in [2.45, 2.75) is 37.8 Å². The van der Waals surface area contributed by atoms with Crippen LogP contribution in [0.3, 0.4) is 0 Å². The topological polar surface area (TPSA) is 64.3 Å². The van der Waals surface area contributed by atoms with Gasteiger partial charge in [0.1, 0.15) is 5.75 Å². The zero-order valence-corrected chi connectivity index (χ0v) is 10.9. The maximum Gasteiger partial charge on any atom is 0.412 e. The van der Waals surface area contributed by atoms with Gasteiger partial charge in [0, 0.05) is 6.04 Å². The van der Waals surface area contributed by atoms with Gasteiger partial charge in [-0.15, -0.1) is 0 Å². The fourth-order valence-corrected chi connectivity index (χ4v) is 2.15. The van der Waals surface area contributed by atoms with Crippen LogP contribution in [0.1, 0.15) is 25.7 Å². The maximum absolute atomic E-state index is 11.8. The average Bonchev–Trinajstić information content (AvgIpc) is 2.40. The largest absolute Gasteiger partial charge is 0.412 e. The summed E-state index contributed by atoms with van der Waals surface area (Å²) in [4.78, 5) is 11.8. The Hall–Kier alpha value is -1.81. The van der Waals surface area contributed by atoms with Crippen LogP contribution < -0.4 is 15.8 Å². The molecule has 0 heterocycles. The molecule has 2 rings (SSSR count). The standard InChI is InChI=1S/C15H20N2O2/c16-13-10-6-1-2-7-11-14(13)17-15(18)19-12-8-4-3-5-9-12/h3-6,8-10,13-14H,1-2,7,11,16H2,(H,17,18)/b10-6+. The number of hydrogen-bond donors (Lipinski definition) is 2. The van der Waals surface area contributed by atoms with Crippen molar-refractivity contribution in [2.24, 2.45) is 5.73 Å². The highest BCUT2D eigenvalue weighted by Gasteiger charge is 2.19. The molecule has 4 nitrogen and oxygen atoms in total. The fraction of sp³-hybridized carbons (Fsp3) is 0.400. The Labute approximate surface area is 113 Å². The third kappa shape index (κ3) is 4.41. The number of nitrogens with two attached hydrogens (primary N) is 1. The van der Waals surface area contributed by atoms with Crippen LogP contribution in [0.25, 0.3) is 0 Å².